The molecule has 0 saturated heterocycles. The molecule has 104 valence electrons. The zero-order chi connectivity index (χ0) is 13.8. The second-order valence-electron chi connectivity index (χ2n) is 5.05. The van der Waals surface area contributed by atoms with Crippen molar-refractivity contribution in [1.29, 1.82) is 0 Å². The van der Waals surface area contributed by atoms with Gasteiger partial charge in [0, 0.05) is 0 Å². The Bertz CT molecular complexity index is 453. The highest BCUT2D eigenvalue weighted by atomic mass is 19.1. The molecule has 3 nitrogen and oxygen atoms in total. The second kappa shape index (κ2) is 6.15. The highest BCUT2D eigenvalue weighted by Gasteiger charge is 2.30. The van der Waals surface area contributed by atoms with E-state index in [0.717, 1.165) is 38.2 Å². The molecule has 1 aromatic carbocycles. The zero-order valence-electron chi connectivity index (χ0n) is 11.1. The lowest BCUT2D eigenvalue weighted by Gasteiger charge is -2.26. The van der Waals surface area contributed by atoms with E-state index in [-0.39, 0.29) is 11.5 Å². The van der Waals surface area contributed by atoms with Gasteiger partial charge in [0.25, 0.3) is 0 Å². The van der Waals surface area contributed by atoms with Crippen LogP contribution in [0.3, 0.4) is 0 Å². The molecule has 0 aromatic heterocycles. The van der Waals surface area contributed by atoms with E-state index in [1.807, 2.05) is 0 Å². The molecule has 1 fully saturated rings. The topological polar surface area (TPSA) is 46.5 Å². The number of Topliss-reactive ketones (excluding diaryl/α,β-unsaturated/α-hetero) is 1. The standard InChI is InChI=1S/C15H19FO3/c1-19-13-8-7-11(16)9-12(13)15(18)14(17)10-5-3-2-4-6-10/h7-10,14,17H,2-6H2,1H3. The van der Waals surface area contributed by atoms with Crippen molar-refractivity contribution in [3.8, 4) is 5.75 Å². The predicted molar refractivity (Wildman–Crippen MR) is 69.9 cm³/mol. The van der Waals surface area contributed by atoms with E-state index < -0.39 is 17.7 Å². The van der Waals surface area contributed by atoms with Crippen LogP contribution in [0, 0.1) is 11.7 Å². The molecular weight excluding hydrogens is 247 g/mol. The summed E-state index contributed by atoms with van der Waals surface area (Å²) in [5, 5.41) is 10.2. The fourth-order valence-electron chi connectivity index (χ4n) is 2.70. The van der Waals surface area contributed by atoms with Crippen LogP contribution in [0.15, 0.2) is 18.2 Å². The van der Waals surface area contributed by atoms with Crippen LogP contribution < -0.4 is 4.74 Å². The molecule has 0 heterocycles. The lowest BCUT2D eigenvalue weighted by atomic mass is 9.82. The molecule has 0 spiro atoms. The number of aliphatic hydroxyl groups excluding tert-OH is 1. The normalized spacial score (nSPS) is 18.1. The number of aliphatic hydroxyl groups is 1. The zero-order valence-corrected chi connectivity index (χ0v) is 11.1. The van der Waals surface area contributed by atoms with Gasteiger partial charge in [-0.1, -0.05) is 19.3 Å². The first-order chi connectivity index (χ1) is 9.13. The first kappa shape index (κ1) is 14.0. The smallest absolute Gasteiger partial charge is 0.195 e. The molecule has 1 saturated carbocycles. The molecular formula is C15H19FO3. The van der Waals surface area contributed by atoms with Crippen molar-refractivity contribution < 1.29 is 19.0 Å². The molecule has 4 heteroatoms. The Labute approximate surface area is 112 Å². The van der Waals surface area contributed by atoms with Gasteiger partial charge in [-0.3, -0.25) is 4.79 Å². The van der Waals surface area contributed by atoms with Crippen molar-refractivity contribution in [2.45, 2.75) is 38.2 Å². The monoisotopic (exact) mass is 266 g/mol. The van der Waals surface area contributed by atoms with Crippen molar-refractivity contribution in [3.63, 3.8) is 0 Å². The van der Waals surface area contributed by atoms with Crippen LogP contribution in [-0.4, -0.2) is 24.1 Å². The maximum Gasteiger partial charge on any atom is 0.195 e. The van der Waals surface area contributed by atoms with Crippen molar-refractivity contribution >= 4 is 5.78 Å². The SMILES string of the molecule is COc1ccc(F)cc1C(=O)C(O)C1CCCCC1. The van der Waals surface area contributed by atoms with Crippen LogP contribution in [0.5, 0.6) is 5.75 Å². The molecule has 0 radical (unpaired) electrons. The predicted octanol–water partition coefficient (Wildman–Crippen LogP) is 2.96. The molecule has 0 aliphatic heterocycles. The van der Waals surface area contributed by atoms with E-state index in [4.69, 9.17) is 4.74 Å². The molecule has 1 aliphatic rings. The van der Waals surface area contributed by atoms with Gasteiger partial charge in [0.1, 0.15) is 17.7 Å². The van der Waals surface area contributed by atoms with Crippen LogP contribution in [0.4, 0.5) is 4.39 Å². The number of benzene rings is 1. The summed E-state index contributed by atoms with van der Waals surface area (Å²) < 4.78 is 18.3. The number of ether oxygens (including phenoxy) is 1. The summed E-state index contributed by atoms with van der Waals surface area (Å²) in [7, 11) is 1.43. The van der Waals surface area contributed by atoms with E-state index in [9.17, 15) is 14.3 Å². The molecule has 0 amide bonds. The van der Waals surface area contributed by atoms with E-state index in [2.05, 4.69) is 0 Å². The summed E-state index contributed by atoms with van der Waals surface area (Å²) in [6.07, 6.45) is 3.87. The first-order valence-electron chi connectivity index (χ1n) is 6.69. The molecule has 0 bridgehead atoms. The van der Waals surface area contributed by atoms with Crippen LogP contribution in [0.25, 0.3) is 0 Å². The second-order valence-corrected chi connectivity index (χ2v) is 5.05. The quantitative estimate of drug-likeness (QED) is 0.852. The Morgan fingerprint density at radius 3 is 2.68 bits per heavy atom. The van der Waals surface area contributed by atoms with Crippen molar-refractivity contribution in [3.05, 3.63) is 29.6 Å². The van der Waals surface area contributed by atoms with E-state index in [1.54, 1.807) is 0 Å². The highest BCUT2D eigenvalue weighted by Crippen LogP contribution is 2.30. The summed E-state index contributed by atoms with van der Waals surface area (Å²) in [6.45, 7) is 0. The maximum absolute atomic E-state index is 13.3. The van der Waals surface area contributed by atoms with Gasteiger partial charge in [-0.25, -0.2) is 4.39 Å². The molecule has 1 aromatic rings. The van der Waals surface area contributed by atoms with Crippen LogP contribution in [0.1, 0.15) is 42.5 Å². The summed E-state index contributed by atoms with van der Waals surface area (Å²) in [4.78, 5) is 12.3. The third-order valence-corrected chi connectivity index (χ3v) is 3.79. The van der Waals surface area contributed by atoms with Gasteiger partial charge in [0.2, 0.25) is 0 Å². The van der Waals surface area contributed by atoms with Gasteiger partial charge >= 0.3 is 0 Å². The molecule has 1 atom stereocenters. The number of hydrogen-bond acceptors (Lipinski definition) is 3. The van der Waals surface area contributed by atoms with Gasteiger partial charge in [-0.2, -0.15) is 0 Å². The van der Waals surface area contributed by atoms with Gasteiger partial charge in [0.15, 0.2) is 5.78 Å². The number of carbonyl (C=O) groups is 1. The Kier molecular flexibility index (Phi) is 4.53. The minimum absolute atomic E-state index is 0.0192. The van der Waals surface area contributed by atoms with Crippen LogP contribution in [-0.2, 0) is 0 Å². The van der Waals surface area contributed by atoms with Crippen LogP contribution in [0.2, 0.25) is 0 Å². The molecule has 1 unspecified atom stereocenters. The maximum atomic E-state index is 13.3. The Balaban J connectivity index is 2.20. The lowest BCUT2D eigenvalue weighted by molar-refractivity contribution is 0.0531. The fourth-order valence-corrected chi connectivity index (χ4v) is 2.70. The number of halogens is 1. The third-order valence-electron chi connectivity index (χ3n) is 3.79. The number of ketones is 1. The molecule has 19 heavy (non-hydrogen) atoms. The first-order valence-corrected chi connectivity index (χ1v) is 6.69. The molecule has 2 rings (SSSR count). The third kappa shape index (κ3) is 3.13. The average molecular weight is 266 g/mol. The minimum Gasteiger partial charge on any atom is -0.496 e. The Hall–Kier alpha value is -1.42. The van der Waals surface area contributed by atoms with Crippen molar-refractivity contribution in [1.82, 2.24) is 0 Å². The minimum atomic E-state index is -1.06. The summed E-state index contributed by atoms with van der Waals surface area (Å²) in [5.41, 5.74) is 0.126. The average Bonchev–Trinajstić information content (AvgIpc) is 2.46. The lowest BCUT2D eigenvalue weighted by Crippen LogP contribution is -2.31. The summed E-state index contributed by atoms with van der Waals surface area (Å²) >= 11 is 0. The van der Waals surface area contributed by atoms with E-state index in [0.29, 0.717) is 5.75 Å². The van der Waals surface area contributed by atoms with Gasteiger partial charge in [-0.15, -0.1) is 0 Å². The van der Waals surface area contributed by atoms with E-state index in [1.165, 1.54) is 19.2 Å². The van der Waals surface area contributed by atoms with Crippen molar-refractivity contribution in [2.24, 2.45) is 5.92 Å². The largest absolute Gasteiger partial charge is 0.496 e. The fraction of sp³-hybridized carbons (Fsp3) is 0.533. The molecule has 1 N–H and O–H groups in total. The number of hydrogen-bond donors (Lipinski definition) is 1. The number of carbonyl (C=O) groups excluding carboxylic acids is 1. The highest BCUT2D eigenvalue weighted by molar-refractivity contribution is 6.01. The van der Waals surface area contributed by atoms with Gasteiger partial charge in [-0.05, 0) is 37.0 Å². The van der Waals surface area contributed by atoms with Gasteiger partial charge < -0.3 is 9.84 Å². The van der Waals surface area contributed by atoms with Gasteiger partial charge in [0.05, 0.1) is 12.7 Å². The van der Waals surface area contributed by atoms with Crippen molar-refractivity contribution in [2.75, 3.05) is 7.11 Å². The number of methoxy groups -OCH3 is 1. The van der Waals surface area contributed by atoms with Crippen LogP contribution >= 0.6 is 0 Å². The Morgan fingerprint density at radius 1 is 1.37 bits per heavy atom. The molecule has 1 aliphatic carbocycles. The summed E-state index contributed by atoms with van der Waals surface area (Å²) in [6, 6.07) is 3.78. The Morgan fingerprint density at radius 2 is 2.05 bits per heavy atom. The summed E-state index contributed by atoms with van der Waals surface area (Å²) in [5.74, 6) is -0.654. The van der Waals surface area contributed by atoms with E-state index >= 15 is 0 Å². The number of rotatable bonds is 4.